The van der Waals surface area contributed by atoms with Gasteiger partial charge in [-0.25, -0.2) is 4.79 Å². The maximum atomic E-state index is 12.1. The quantitative estimate of drug-likeness (QED) is 0.824. The highest BCUT2D eigenvalue weighted by Crippen LogP contribution is 2.21. The highest BCUT2D eigenvalue weighted by atomic mass is 32.2. The zero-order valence-corrected chi connectivity index (χ0v) is 14.1. The van der Waals surface area contributed by atoms with Gasteiger partial charge in [-0.15, -0.1) is 10.2 Å². The minimum absolute atomic E-state index is 0.186. The van der Waals surface area contributed by atoms with Crippen molar-refractivity contribution in [3.63, 3.8) is 0 Å². The van der Waals surface area contributed by atoms with Gasteiger partial charge >= 0.3 is 6.03 Å². The molecule has 2 N–H and O–H groups in total. The number of hydrogen-bond acceptors (Lipinski definition) is 5. The molecule has 1 fully saturated rings. The van der Waals surface area contributed by atoms with E-state index in [0.717, 1.165) is 31.5 Å². The first kappa shape index (κ1) is 16.8. The lowest BCUT2D eigenvalue weighted by molar-refractivity contribution is -0.119. The Balaban J connectivity index is 1.80. The molecule has 8 heteroatoms. The van der Waals surface area contributed by atoms with Crippen LogP contribution in [0.2, 0.25) is 0 Å². The molecule has 1 aliphatic rings. The van der Waals surface area contributed by atoms with Crippen molar-refractivity contribution in [2.45, 2.75) is 62.4 Å². The fourth-order valence-electron chi connectivity index (χ4n) is 2.38. The van der Waals surface area contributed by atoms with E-state index >= 15 is 0 Å². The van der Waals surface area contributed by atoms with Crippen LogP contribution in [0.1, 0.15) is 44.9 Å². The lowest BCUT2D eigenvalue weighted by atomic mass is 9.96. The fraction of sp³-hybridized carbons (Fsp3) is 0.714. The molecule has 122 valence electrons. The number of carbonyl (C=O) groups excluding carboxylic acids is 2. The summed E-state index contributed by atoms with van der Waals surface area (Å²) in [7, 11) is 1.85. The van der Waals surface area contributed by atoms with Gasteiger partial charge in [0.25, 0.3) is 0 Å². The van der Waals surface area contributed by atoms with Gasteiger partial charge in [0.2, 0.25) is 5.91 Å². The summed E-state index contributed by atoms with van der Waals surface area (Å²) < 4.78 is 1.82. The number of nitrogens with zero attached hydrogens (tertiary/aromatic N) is 3. The van der Waals surface area contributed by atoms with Gasteiger partial charge in [0, 0.05) is 13.1 Å². The number of amides is 3. The number of nitrogens with one attached hydrogen (secondary N) is 2. The van der Waals surface area contributed by atoms with E-state index in [-0.39, 0.29) is 11.9 Å². The predicted molar refractivity (Wildman–Crippen MR) is 84.6 cm³/mol. The van der Waals surface area contributed by atoms with Crippen LogP contribution < -0.4 is 10.6 Å². The Morgan fingerprint density at radius 2 is 1.95 bits per heavy atom. The highest BCUT2D eigenvalue weighted by molar-refractivity contribution is 8.00. The monoisotopic (exact) mass is 325 g/mol. The second kappa shape index (κ2) is 7.62. The first-order valence-corrected chi connectivity index (χ1v) is 8.49. The van der Waals surface area contributed by atoms with Gasteiger partial charge in [0.15, 0.2) is 5.16 Å². The minimum atomic E-state index is -0.417. The molecule has 1 atom stereocenters. The summed E-state index contributed by atoms with van der Waals surface area (Å²) in [6.45, 7) is 3.59. The summed E-state index contributed by atoms with van der Waals surface area (Å²) in [5.74, 6) is 0.462. The van der Waals surface area contributed by atoms with E-state index in [1.54, 1.807) is 6.92 Å². The SMILES string of the molecule is Cc1nnc(S[C@H](C)C(=O)NC(=O)NC2CCCCC2)n1C. The molecule has 7 nitrogen and oxygen atoms in total. The predicted octanol–water partition coefficient (Wildman–Crippen LogP) is 1.76. The third-order valence-corrected chi connectivity index (χ3v) is 5.02. The van der Waals surface area contributed by atoms with Crippen LogP contribution >= 0.6 is 11.8 Å². The van der Waals surface area contributed by atoms with Crippen LogP contribution in [-0.4, -0.2) is 38.0 Å². The number of thioether (sulfide) groups is 1. The molecule has 0 radical (unpaired) electrons. The lowest BCUT2D eigenvalue weighted by Crippen LogP contribution is -2.47. The van der Waals surface area contributed by atoms with E-state index in [1.807, 2.05) is 18.5 Å². The topological polar surface area (TPSA) is 88.9 Å². The Labute approximate surface area is 134 Å². The Kier molecular flexibility index (Phi) is 5.82. The molecule has 1 heterocycles. The van der Waals surface area contributed by atoms with Crippen molar-refractivity contribution < 1.29 is 9.59 Å². The average Bonchev–Trinajstić information content (AvgIpc) is 2.80. The number of aromatic nitrogens is 3. The summed E-state index contributed by atoms with van der Waals surface area (Å²) in [4.78, 5) is 23.9. The molecule has 0 spiro atoms. The molecule has 0 aromatic carbocycles. The zero-order valence-electron chi connectivity index (χ0n) is 13.3. The van der Waals surface area contributed by atoms with Gasteiger partial charge in [0.1, 0.15) is 5.82 Å². The Morgan fingerprint density at radius 1 is 1.27 bits per heavy atom. The van der Waals surface area contributed by atoms with E-state index in [1.165, 1.54) is 18.2 Å². The molecule has 22 heavy (non-hydrogen) atoms. The van der Waals surface area contributed by atoms with Crippen molar-refractivity contribution in [1.82, 2.24) is 25.4 Å². The molecular formula is C14H23N5O2S. The van der Waals surface area contributed by atoms with Crippen LogP contribution in [0.15, 0.2) is 5.16 Å². The first-order chi connectivity index (χ1) is 10.5. The highest BCUT2D eigenvalue weighted by Gasteiger charge is 2.21. The number of aryl methyl sites for hydroxylation is 1. The molecule has 1 saturated carbocycles. The molecule has 0 bridgehead atoms. The van der Waals surface area contributed by atoms with Crippen LogP contribution in [0.4, 0.5) is 4.79 Å². The van der Waals surface area contributed by atoms with E-state index in [2.05, 4.69) is 20.8 Å². The van der Waals surface area contributed by atoms with Crippen molar-refractivity contribution >= 4 is 23.7 Å². The van der Waals surface area contributed by atoms with Gasteiger partial charge in [-0.05, 0) is 26.7 Å². The number of rotatable bonds is 4. The van der Waals surface area contributed by atoms with Gasteiger partial charge in [0.05, 0.1) is 5.25 Å². The van der Waals surface area contributed by atoms with Crippen molar-refractivity contribution in [3.8, 4) is 0 Å². The summed E-state index contributed by atoms with van der Waals surface area (Å²) in [5.41, 5.74) is 0. The maximum Gasteiger partial charge on any atom is 0.321 e. The molecule has 3 amide bonds. The molecule has 1 aliphatic carbocycles. The van der Waals surface area contributed by atoms with Crippen LogP contribution in [-0.2, 0) is 11.8 Å². The van der Waals surface area contributed by atoms with E-state index in [4.69, 9.17) is 0 Å². The molecule has 0 unspecified atom stereocenters. The summed E-state index contributed by atoms with van der Waals surface area (Å²) in [6, 6.07) is -0.218. The van der Waals surface area contributed by atoms with Crippen LogP contribution in [0, 0.1) is 6.92 Å². The van der Waals surface area contributed by atoms with Gasteiger partial charge in [-0.1, -0.05) is 31.0 Å². The van der Waals surface area contributed by atoms with Crippen molar-refractivity contribution in [2.75, 3.05) is 0 Å². The second-order valence-electron chi connectivity index (χ2n) is 5.65. The van der Waals surface area contributed by atoms with Crippen molar-refractivity contribution in [3.05, 3.63) is 5.82 Å². The summed E-state index contributed by atoms with van der Waals surface area (Å²) >= 11 is 1.28. The summed E-state index contributed by atoms with van der Waals surface area (Å²) in [6.07, 6.45) is 5.48. The van der Waals surface area contributed by atoms with E-state index in [9.17, 15) is 9.59 Å². The molecule has 0 saturated heterocycles. The average molecular weight is 325 g/mol. The standard InChI is InChI=1S/C14H23N5O2S/c1-9(22-14-18-17-10(2)19(14)3)12(20)16-13(21)15-11-7-5-4-6-8-11/h9,11H,4-8H2,1-3H3,(H2,15,16,20,21)/t9-/m1/s1. The van der Waals surface area contributed by atoms with Crippen LogP contribution in [0.3, 0.4) is 0 Å². The second-order valence-corrected chi connectivity index (χ2v) is 6.95. The Hall–Kier alpha value is -1.57. The van der Waals surface area contributed by atoms with Crippen molar-refractivity contribution in [2.24, 2.45) is 7.05 Å². The smallest absolute Gasteiger partial charge is 0.321 e. The van der Waals surface area contributed by atoms with Crippen LogP contribution in [0.5, 0.6) is 0 Å². The van der Waals surface area contributed by atoms with Crippen molar-refractivity contribution in [1.29, 1.82) is 0 Å². The van der Waals surface area contributed by atoms with Crippen LogP contribution in [0.25, 0.3) is 0 Å². The number of carbonyl (C=O) groups is 2. The van der Waals surface area contributed by atoms with Gasteiger partial charge < -0.3 is 9.88 Å². The number of imide groups is 1. The first-order valence-electron chi connectivity index (χ1n) is 7.61. The molecule has 1 aromatic rings. The maximum absolute atomic E-state index is 12.1. The third kappa shape index (κ3) is 4.46. The zero-order chi connectivity index (χ0) is 16.1. The molecule has 0 aliphatic heterocycles. The Morgan fingerprint density at radius 3 is 2.55 bits per heavy atom. The van der Waals surface area contributed by atoms with E-state index in [0.29, 0.717) is 5.16 Å². The van der Waals surface area contributed by atoms with Gasteiger partial charge in [-0.3, -0.25) is 10.1 Å². The number of hydrogen-bond donors (Lipinski definition) is 2. The summed E-state index contributed by atoms with van der Waals surface area (Å²) in [5, 5.41) is 13.5. The Bertz CT molecular complexity index is 539. The largest absolute Gasteiger partial charge is 0.335 e. The lowest BCUT2D eigenvalue weighted by Gasteiger charge is -2.23. The fourth-order valence-corrected chi connectivity index (χ4v) is 3.24. The normalized spacial score (nSPS) is 17.0. The third-order valence-electron chi connectivity index (χ3n) is 3.88. The van der Waals surface area contributed by atoms with E-state index < -0.39 is 11.3 Å². The molecule has 1 aromatic heterocycles. The molecular weight excluding hydrogens is 302 g/mol. The molecule has 2 rings (SSSR count). The number of urea groups is 1. The van der Waals surface area contributed by atoms with Gasteiger partial charge in [-0.2, -0.15) is 0 Å². The minimum Gasteiger partial charge on any atom is -0.335 e.